The highest BCUT2D eigenvalue weighted by Crippen LogP contribution is 2.28. The molecule has 2 heterocycles. The first-order valence-electron chi connectivity index (χ1n) is 6.97. The fraction of sp³-hybridized carbons (Fsp3) is 0.267. The number of piperazine rings is 1. The van der Waals surface area contributed by atoms with E-state index in [9.17, 15) is 12.8 Å². The quantitative estimate of drug-likeness (QED) is 0.912. The Morgan fingerprint density at radius 2 is 1.96 bits per heavy atom. The van der Waals surface area contributed by atoms with Crippen LogP contribution in [0.1, 0.15) is 11.6 Å². The van der Waals surface area contributed by atoms with Crippen LogP contribution < -0.4 is 5.32 Å². The average molecular weight is 358 g/mol. The smallest absolute Gasteiger partial charge is 0.243 e. The predicted molar refractivity (Wildman–Crippen MR) is 87.4 cm³/mol. The fourth-order valence-corrected chi connectivity index (χ4v) is 4.19. The monoisotopic (exact) mass is 357 g/mol. The molecule has 0 amide bonds. The zero-order chi connectivity index (χ0) is 15.6. The third-order valence-electron chi connectivity index (χ3n) is 3.68. The second-order valence-electron chi connectivity index (χ2n) is 5.08. The van der Waals surface area contributed by atoms with E-state index >= 15 is 0 Å². The zero-order valence-electron chi connectivity index (χ0n) is 12.2. The van der Waals surface area contributed by atoms with E-state index in [4.69, 9.17) is 0 Å². The van der Waals surface area contributed by atoms with Crippen LogP contribution in [-0.4, -0.2) is 37.3 Å². The number of pyridine rings is 1. The lowest BCUT2D eigenvalue weighted by Gasteiger charge is -2.35. The van der Waals surface area contributed by atoms with E-state index in [1.165, 1.54) is 16.4 Å². The molecule has 0 radical (unpaired) electrons. The van der Waals surface area contributed by atoms with Gasteiger partial charge in [-0.1, -0.05) is 6.07 Å². The molecule has 23 heavy (non-hydrogen) atoms. The second kappa shape index (κ2) is 7.35. The number of hydrogen-bond acceptors (Lipinski definition) is 4. The molecule has 124 valence electrons. The van der Waals surface area contributed by atoms with Crippen molar-refractivity contribution in [2.45, 2.75) is 10.9 Å². The predicted octanol–water partition coefficient (Wildman–Crippen LogP) is 1.98. The summed E-state index contributed by atoms with van der Waals surface area (Å²) in [6.07, 6.45) is 3.32. The molecule has 0 saturated carbocycles. The Morgan fingerprint density at radius 1 is 1.22 bits per heavy atom. The molecule has 1 N–H and O–H groups in total. The first-order chi connectivity index (χ1) is 10.6. The maximum absolute atomic E-state index is 13.0. The lowest BCUT2D eigenvalue weighted by Crippen LogP contribution is -2.48. The van der Waals surface area contributed by atoms with E-state index in [1.807, 2.05) is 6.07 Å². The summed E-state index contributed by atoms with van der Waals surface area (Å²) in [5.41, 5.74) is 0.834. The topological polar surface area (TPSA) is 62.3 Å². The molecule has 1 aromatic carbocycles. The Balaban J connectivity index is 0.00000192. The number of sulfonamides is 1. The third kappa shape index (κ3) is 3.69. The zero-order valence-corrected chi connectivity index (χ0v) is 13.9. The van der Waals surface area contributed by atoms with Gasteiger partial charge in [0.2, 0.25) is 10.0 Å². The number of nitrogens with zero attached hydrogens (tertiary/aromatic N) is 2. The van der Waals surface area contributed by atoms with Gasteiger partial charge in [0.25, 0.3) is 0 Å². The van der Waals surface area contributed by atoms with Gasteiger partial charge in [-0.2, -0.15) is 4.31 Å². The van der Waals surface area contributed by atoms with Gasteiger partial charge in [0.1, 0.15) is 5.82 Å². The van der Waals surface area contributed by atoms with Gasteiger partial charge >= 0.3 is 0 Å². The summed E-state index contributed by atoms with van der Waals surface area (Å²) in [5, 5.41) is 3.20. The van der Waals surface area contributed by atoms with Crippen LogP contribution in [0.4, 0.5) is 4.39 Å². The Hall–Kier alpha value is -1.54. The van der Waals surface area contributed by atoms with Crippen LogP contribution in [-0.2, 0) is 10.0 Å². The van der Waals surface area contributed by atoms with Crippen molar-refractivity contribution in [3.05, 3.63) is 60.2 Å². The molecule has 1 atom stereocenters. The van der Waals surface area contributed by atoms with Crippen molar-refractivity contribution in [1.29, 1.82) is 0 Å². The van der Waals surface area contributed by atoms with Gasteiger partial charge in [-0.3, -0.25) is 4.98 Å². The molecule has 5 nitrogen and oxygen atoms in total. The van der Waals surface area contributed by atoms with Gasteiger partial charge in [0.05, 0.1) is 10.9 Å². The first-order valence-corrected chi connectivity index (χ1v) is 8.41. The average Bonchev–Trinajstić information content (AvgIpc) is 2.56. The summed E-state index contributed by atoms with van der Waals surface area (Å²) in [4.78, 5) is 4.16. The molecule has 0 spiro atoms. The van der Waals surface area contributed by atoms with Crippen LogP contribution in [0.5, 0.6) is 0 Å². The minimum atomic E-state index is -3.68. The van der Waals surface area contributed by atoms with E-state index < -0.39 is 15.8 Å². The molecular formula is C15H17ClFN3O2S. The molecule has 1 saturated heterocycles. The van der Waals surface area contributed by atoms with Gasteiger partial charge in [-0.05, 0) is 35.9 Å². The van der Waals surface area contributed by atoms with Crippen molar-refractivity contribution in [1.82, 2.24) is 14.6 Å². The molecule has 1 aliphatic rings. The minimum absolute atomic E-state index is 0. The van der Waals surface area contributed by atoms with Crippen molar-refractivity contribution in [3.63, 3.8) is 0 Å². The second-order valence-corrected chi connectivity index (χ2v) is 6.97. The highest BCUT2D eigenvalue weighted by atomic mass is 35.5. The largest absolute Gasteiger partial charge is 0.313 e. The van der Waals surface area contributed by atoms with E-state index in [-0.39, 0.29) is 23.3 Å². The number of halogens is 2. The molecule has 0 bridgehead atoms. The van der Waals surface area contributed by atoms with Crippen molar-refractivity contribution >= 4 is 22.4 Å². The molecule has 0 aliphatic carbocycles. The molecule has 2 aromatic rings. The fourth-order valence-electron chi connectivity index (χ4n) is 2.57. The summed E-state index contributed by atoms with van der Waals surface area (Å²) in [5.74, 6) is -0.455. The molecule has 8 heteroatoms. The van der Waals surface area contributed by atoms with Gasteiger partial charge in [-0.15, -0.1) is 12.4 Å². The van der Waals surface area contributed by atoms with Crippen LogP contribution in [0, 0.1) is 5.82 Å². The van der Waals surface area contributed by atoms with Crippen LogP contribution in [0.25, 0.3) is 0 Å². The van der Waals surface area contributed by atoms with Crippen LogP contribution in [0.15, 0.2) is 53.7 Å². The maximum atomic E-state index is 13.0. The van der Waals surface area contributed by atoms with Gasteiger partial charge in [0, 0.05) is 32.0 Å². The lowest BCUT2D eigenvalue weighted by molar-refractivity contribution is 0.271. The Labute approximate surface area is 141 Å². The third-order valence-corrected chi connectivity index (χ3v) is 5.61. The minimum Gasteiger partial charge on any atom is -0.313 e. The summed E-state index contributed by atoms with van der Waals surface area (Å²) < 4.78 is 40.2. The highest BCUT2D eigenvalue weighted by Gasteiger charge is 2.34. The molecule has 3 rings (SSSR count). The van der Waals surface area contributed by atoms with Crippen molar-refractivity contribution in [2.24, 2.45) is 0 Å². The summed E-state index contributed by atoms with van der Waals surface area (Å²) >= 11 is 0. The maximum Gasteiger partial charge on any atom is 0.243 e. The Kier molecular flexibility index (Phi) is 5.69. The SMILES string of the molecule is Cl.O=S(=O)(c1ccc(F)cc1)N1CCNCC1c1cccnc1. The number of benzene rings is 1. The van der Waals surface area contributed by atoms with Crippen molar-refractivity contribution < 1.29 is 12.8 Å². The number of hydrogen-bond donors (Lipinski definition) is 1. The van der Waals surface area contributed by atoms with Crippen LogP contribution in [0.2, 0.25) is 0 Å². The molecule has 1 aromatic heterocycles. The summed E-state index contributed by atoms with van der Waals surface area (Å²) in [6.45, 7) is 1.46. The normalized spacial score (nSPS) is 19.1. The molecule has 1 unspecified atom stereocenters. The lowest BCUT2D eigenvalue weighted by atomic mass is 10.1. The first kappa shape index (κ1) is 17.8. The Bertz CT molecular complexity index is 741. The van der Waals surface area contributed by atoms with E-state index in [0.29, 0.717) is 19.6 Å². The molecular weight excluding hydrogens is 341 g/mol. The van der Waals surface area contributed by atoms with Crippen LogP contribution >= 0.6 is 12.4 Å². The standard InChI is InChI=1S/C15H16FN3O2S.ClH/c16-13-3-5-14(6-4-13)22(20,21)19-9-8-18-11-15(19)12-2-1-7-17-10-12;/h1-7,10,15,18H,8-9,11H2;1H. The van der Waals surface area contributed by atoms with Gasteiger partial charge < -0.3 is 5.32 Å². The van der Waals surface area contributed by atoms with E-state index in [1.54, 1.807) is 18.5 Å². The van der Waals surface area contributed by atoms with E-state index in [0.717, 1.165) is 17.7 Å². The Morgan fingerprint density at radius 3 is 2.61 bits per heavy atom. The number of rotatable bonds is 3. The summed E-state index contributed by atoms with van der Waals surface area (Å²) in [6, 6.07) is 8.24. The molecule has 1 aliphatic heterocycles. The van der Waals surface area contributed by atoms with Crippen molar-refractivity contribution in [3.8, 4) is 0 Å². The summed E-state index contributed by atoms with van der Waals surface area (Å²) in [7, 11) is -3.68. The van der Waals surface area contributed by atoms with Gasteiger partial charge in [-0.25, -0.2) is 12.8 Å². The number of nitrogens with one attached hydrogen (secondary N) is 1. The van der Waals surface area contributed by atoms with E-state index in [2.05, 4.69) is 10.3 Å². The highest BCUT2D eigenvalue weighted by molar-refractivity contribution is 7.89. The molecule has 1 fully saturated rings. The van der Waals surface area contributed by atoms with Crippen LogP contribution in [0.3, 0.4) is 0 Å². The van der Waals surface area contributed by atoms with Gasteiger partial charge in [0.15, 0.2) is 0 Å². The number of aromatic nitrogens is 1. The van der Waals surface area contributed by atoms with Crippen molar-refractivity contribution in [2.75, 3.05) is 19.6 Å².